The first-order chi connectivity index (χ1) is 12.8. The summed E-state index contributed by atoms with van der Waals surface area (Å²) in [6, 6.07) is 1.67. The van der Waals surface area contributed by atoms with E-state index < -0.39 is 0 Å². The fraction of sp³-hybridized carbons (Fsp3) is 0.529. The van der Waals surface area contributed by atoms with Crippen LogP contribution in [0.4, 0.5) is 5.82 Å². The molecule has 1 aliphatic heterocycles. The lowest BCUT2D eigenvalue weighted by molar-refractivity contribution is -0.117. The van der Waals surface area contributed by atoms with E-state index in [1.54, 1.807) is 17.9 Å². The number of halogens is 1. The van der Waals surface area contributed by atoms with Crippen LogP contribution in [0.3, 0.4) is 0 Å². The molecule has 3 heterocycles. The number of hydrogen-bond acceptors (Lipinski definition) is 6. The summed E-state index contributed by atoms with van der Waals surface area (Å²) >= 11 is 3.48. The van der Waals surface area contributed by atoms with Gasteiger partial charge in [0.25, 0.3) is 5.91 Å². The average molecular weight is 439 g/mol. The summed E-state index contributed by atoms with van der Waals surface area (Å²) in [5.41, 5.74) is 1.32. The lowest BCUT2D eigenvalue weighted by Crippen LogP contribution is -2.50. The number of piperazine rings is 1. The van der Waals surface area contributed by atoms with Crippen LogP contribution in [0, 0.1) is 6.92 Å². The lowest BCUT2D eigenvalue weighted by Gasteiger charge is -2.33. The maximum atomic E-state index is 12.7. The number of nitrogens with one attached hydrogen (secondary N) is 2. The van der Waals surface area contributed by atoms with E-state index in [4.69, 9.17) is 4.52 Å². The van der Waals surface area contributed by atoms with Crippen LogP contribution in [0.1, 0.15) is 41.7 Å². The smallest absolute Gasteiger partial charge is 0.275 e. The Morgan fingerprint density at radius 3 is 2.59 bits per heavy atom. The Bertz CT molecular complexity index is 823. The number of aryl methyl sites for hydroxylation is 1. The second-order valence-electron chi connectivity index (χ2n) is 6.89. The molecule has 2 amide bonds. The highest BCUT2D eigenvalue weighted by atomic mass is 79.9. The summed E-state index contributed by atoms with van der Waals surface area (Å²) in [5, 5.41) is 13.6. The van der Waals surface area contributed by atoms with Gasteiger partial charge in [-0.25, -0.2) is 0 Å². The van der Waals surface area contributed by atoms with Gasteiger partial charge < -0.3 is 14.7 Å². The molecule has 1 saturated heterocycles. The minimum Gasteiger partial charge on any atom is -0.360 e. The van der Waals surface area contributed by atoms with Gasteiger partial charge in [-0.3, -0.25) is 19.6 Å². The van der Waals surface area contributed by atoms with Gasteiger partial charge in [0.2, 0.25) is 5.91 Å². The molecule has 0 atom stereocenters. The molecular formula is C17H23BrN6O3. The Morgan fingerprint density at radius 2 is 2.04 bits per heavy atom. The number of carbonyl (C=O) groups is 2. The Balaban J connectivity index is 1.51. The molecular weight excluding hydrogens is 416 g/mol. The minimum absolute atomic E-state index is 0.104. The van der Waals surface area contributed by atoms with E-state index >= 15 is 0 Å². The van der Waals surface area contributed by atoms with E-state index in [9.17, 15) is 9.59 Å². The topological polar surface area (TPSA) is 107 Å². The van der Waals surface area contributed by atoms with Gasteiger partial charge in [-0.15, -0.1) is 0 Å². The number of aromatic amines is 1. The van der Waals surface area contributed by atoms with Crippen LogP contribution < -0.4 is 5.32 Å². The first kappa shape index (κ1) is 19.6. The van der Waals surface area contributed by atoms with Gasteiger partial charge in [-0.1, -0.05) is 19.0 Å². The van der Waals surface area contributed by atoms with Crippen LogP contribution >= 0.6 is 15.9 Å². The molecule has 2 N–H and O–H groups in total. The summed E-state index contributed by atoms with van der Waals surface area (Å²) in [4.78, 5) is 28.6. The van der Waals surface area contributed by atoms with Gasteiger partial charge in [-0.05, 0) is 28.8 Å². The van der Waals surface area contributed by atoms with E-state index in [-0.39, 0.29) is 24.3 Å². The van der Waals surface area contributed by atoms with Gasteiger partial charge in [0.1, 0.15) is 5.76 Å². The maximum absolute atomic E-state index is 12.7. The SMILES string of the molecule is Cc1cc(NC(=O)CN2CCN(C(=O)c3n[nH]c(C(C)C)c3Br)CC2)no1. The average Bonchev–Trinajstić information content (AvgIpc) is 3.20. The van der Waals surface area contributed by atoms with Crippen molar-refractivity contribution in [1.82, 2.24) is 25.2 Å². The van der Waals surface area contributed by atoms with Crippen molar-refractivity contribution in [1.29, 1.82) is 0 Å². The van der Waals surface area contributed by atoms with Gasteiger partial charge in [0.15, 0.2) is 11.5 Å². The molecule has 1 fully saturated rings. The van der Waals surface area contributed by atoms with E-state index in [1.165, 1.54) is 0 Å². The largest absolute Gasteiger partial charge is 0.360 e. The van der Waals surface area contributed by atoms with E-state index in [2.05, 4.69) is 36.6 Å². The standard InChI is InChI=1S/C17H23BrN6O3/c1-10(2)15-14(18)16(21-20-15)17(26)24-6-4-23(5-7-24)9-13(25)19-12-8-11(3)27-22-12/h8,10H,4-7,9H2,1-3H3,(H,20,21)(H,19,22,25). The number of hydrogen-bond donors (Lipinski definition) is 2. The zero-order valence-corrected chi connectivity index (χ0v) is 17.2. The van der Waals surface area contributed by atoms with Crippen LogP contribution in [0.5, 0.6) is 0 Å². The van der Waals surface area contributed by atoms with E-state index in [0.29, 0.717) is 43.5 Å². The molecule has 0 aromatic carbocycles. The normalized spacial score (nSPS) is 15.4. The van der Waals surface area contributed by atoms with Crippen LogP contribution in [0.2, 0.25) is 0 Å². The summed E-state index contributed by atoms with van der Waals surface area (Å²) in [7, 11) is 0. The van der Waals surface area contributed by atoms with Gasteiger partial charge in [0.05, 0.1) is 16.7 Å². The molecule has 0 radical (unpaired) electrons. The van der Waals surface area contributed by atoms with Crippen molar-refractivity contribution in [3.63, 3.8) is 0 Å². The zero-order valence-electron chi connectivity index (χ0n) is 15.6. The fourth-order valence-electron chi connectivity index (χ4n) is 2.94. The number of nitrogens with zero attached hydrogens (tertiary/aromatic N) is 4. The molecule has 2 aromatic heterocycles. The summed E-state index contributed by atoms with van der Waals surface area (Å²) in [6.45, 7) is 8.43. The molecule has 27 heavy (non-hydrogen) atoms. The first-order valence-corrected chi connectivity index (χ1v) is 9.63. The summed E-state index contributed by atoms with van der Waals surface area (Å²) < 4.78 is 5.66. The lowest BCUT2D eigenvalue weighted by atomic mass is 10.1. The third-order valence-electron chi connectivity index (χ3n) is 4.43. The Labute approximate surface area is 165 Å². The monoisotopic (exact) mass is 438 g/mol. The highest BCUT2D eigenvalue weighted by Crippen LogP contribution is 2.26. The summed E-state index contributed by atoms with van der Waals surface area (Å²) in [5.74, 6) is 1.04. The fourth-order valence-corrected chi connectivity index (χ4v) is 3.74. The second-order valence-corrected chi connectivity index (χ2v) is 7.69. The molecule has 10 heteroatoms. The van der Waals surface area contributed by atoms with E-state index in [1.807, 2.05) is 18.7 Å². The van der Waals surface area contributed by atoms with Crippen molar-refractivity contribution in [2.24, 2.45) is 0 Å². The molecule has 0 aliphatic carbocycles. The Hall–Kier alpha value is -2.20. The third-order valence-corrected chi connectivity index (χ3v) is 5.24. The number of rotatable bonds is 5. The van der Waals surface area contributed by atoms with Crippen molar-refractivity contribution in [2.75, 3.05) is 38.0 Å². The molecule has 0 saturated carbocycles. The highest BCUT2D eigenvalue weighted by molar-refractivity contribution is 9.10. The van der Waals surface area contributed by atoms with Crippen molar-refractivity contribution in [3.8, 4) is 0 Å². The van der Waals surface area contributed by atoms with Gasteiger partial charge >= 0.3 is 0 Å². The van der Waals surface area contributed by atoms with Crippen molar-refractivity contribution in [3.05, 3.63) is 27.7 Å². The molecule has 3 rings (SSSR count). The number of carbonyl (C=O) groups excluding carboxylic acids is 2. The number of amides is 2. The Morgan fingerprint density at radius 1 is 1.33 bits per heavy atom. The molecule has 0 bridgehead atoms. The molecule has 2 aromatic rings. The summed E-state index contributed by atoms with van der Waals surface area (Å²) in [6.07, 6.45) is 0. The van der Waals surface area contributed by atoms with Crippen LogP contribution in [0.25, 0.3) is 0 Å². The van der Waals surface area contributed by atoms with Crippen LogP contribution in [-0.2, 0) is 4.79 Å². The zero-order chi connectivity index (χ0) is 19.6. The van der Waals surface area contributed by atoms with Crippen LogP contribution in [-0.4, -0.2) is 69.7 Å². The van der Waals surface area contributed by atoms with Crippen LogP contribution in [0.15, 0.2) is 15.1 Å². The predicted molar refractivity (Wildman–Crippen MR) is 103 cm³/mol. The molecule has 0 unspecified atom stereocenters. The first-order valence-electron chi connectivity index (χ1n) is 8.83. The predicted octanol–water partition coefficient (Wildman–Crippen LogP) is 1.99. The van der Waals surface area contributed by atoms with Crippen molar-refractivity contribution < 1.29 is 14.1 Å². The maximum Gasteiger partial charge on any atom is 0.275 e. The molecule has 9 nitrogen and oxygen atoms in total. The number of H-pyrrole nitrogens is 1. The van der Waals surface area contributed by atoms with E-state index in [0.717, 1.165) is 10.2 Å². The quantitative estimate of drug-likeness (QED) is 0.738. The van der Waals surface area contributed by atoms with Crippen molar-refractivity contribution >= 4 is 33.6 Å². The van der Waals surface area contributed by atoms with Crippen molar-refractivity contribution in [2.45, 2.75) is 26.7 Å². The highest BCUT2D eigenvalue weighted by Gasteiger charge is 2.27. The Kier molecular flexibility index (Phi) is 5.95. The number of anilines is 1. The molecule has 0 spiro atoms. The minimum atomic E-state index is -0.153. The second kappa shape index (κ2) is 8.22. The number of aromatic nitrogens is 3. The van der Waals surface area contributed by atoms with Gasteiger partial charge in [-0.2, -0.15) is 5.10 Å². The van der Waals surface area contributed by atoms with Gasteiger partial charge in [0, 0.05) is 32.2 Å². The third kappa shape index (κ3) is 4.56. The molecule has 146 valence electrons. The molecule has 1 aliphatic rings.